The Kier molecular flexibility index (Phi) is 6.07. The third-order valence-electron chi connectivity index (χ3n) is 4.47. The minimum absolute atomic E-state index is 0.123. The van der Waals surface area contributed by atoms with Gasteiger partial charge in [-0.2, -0.15) is 0 Å². The van der Waals surface area contributed by atoms with Crippen molar-refractivity contribution in [2.45, 2.75) is 14.7 Å². The molecule has 0 aliphatic heterocycles. The van der Waals surface area contributed by atoms with Crippen LogP contribution >= 0.6 is 36.9 Å². The number of anilines is 1. The molecule has 0 saturated heterocycles. The molecule has 0 amide bonds. The van der Waals surface area contributed by atoms with E-state index in [1.54, 1.807) is 36.4 Å². The first-order chi connectivity index (χ1) is 14.3. The highest BCUT2D eigenvalue weighted by molar-refractivity contribution is 9.10. The molecule has 0 aromatic heterocycles. The highest BCUT2D eigenvalue weighted by Gasteiger charge is 2.19. The molecule has 4 rings (SSSR count). The summed E-state index contributed by atoms with van der Waals surface area (Å²) >= 11 is 4.75. The van der Waals surface area contributed by atoms with E-state index in [4.69, 9.17) is 0 Å². The first-order valence-electron chi connectivity index (χ1n) is 8.90. The van der Waals surface area contributed by atoms with Crippen molar-refractivity contribution in [3.05, 3.63) is 83.3 Å². The van der Waals surface area contributed by atoms with Crippen molar-refractivity contribution in [1.82, 2.24) is 0 Å². The number of phenols is 1. The molecular weight excluding hydrogens is 501 g/mol. The molecular formula is C22H17BrNO3PS2. The van der Waals surface area contributed by atoms with Crippen LogP contribution < -0.4 is 10.0 Å². The Balaban J connectivity index is 1.81. The summed E-state index contributed by atoms with van der Waals surface area (Å²) in [7, 11) is -1.31. The Labute approximate surface area is 190 Å². The zero-order chi connectivity index (χ0) is 21.3. The van der Waals surface area contributed by atoms with E-state index in [-0.39, 0.29) is 10.6 Å². The number of hydrogen-bond donors (Lipinski definition) is 2. The van der Waals surface area contributed by atoms with Crippen LogP contribution in [-0.2, 0) is 10.0 Å². The molecule has 0 radical (unpaired) electrons. The van der Waals surface area contributed by atoms with Crippen molar-refractivity contribution < 1.29 is 13.5 Å². The maximum Gasteiger partial charge on any atom is 0.261 e. The molecule has 0 aliphatic carbocycles. The highest BCUT2D eigenvalue weighted by Crippen LogP contribution is 2.42. The van der Waals surface area contributed by atoms with Gasteiger partial charge in [-0.15, -0.1) is 9.24 Å². The minimum Gasteiger partial charge on any atom is -0.506 e. The lowest BCUT2D eigenvalue weighted by molar-refractivity contribution is 0.469. The molecule has 4 aromatic carbocycles. The molecule has 0 spiro atoms. The summed E-state index contributed by atoms with van der Waals surface area (Å²) in [5.41, 5.74) is 0.412. The van der Waals surface area contributed by atoms with Crippen LogP contribution in [0, 0.1) is 0 Å². The number of aromatic hydroxyl groups is 1. The molecule has 30 heavy (non-hydrogen) atoms. The molecule has 8 heteroatoms. The topological polar surface area (TPSA) is 66.4 Å². The van der Waals surface area contributed by atoms with Gasteiger partial charge in [-0.1, -0.05) is 70.2 Å². The van der Waals surface area contributed by atoms with Crippen LogP contribution in [0.25, 0.3) is 10.8 Å². The largest absolute Gasteiger partial charge is 0.506 e. The summed E-state index contributed by atoms with van der Waals surface area (Å²) in [6.45, 7) is 0. The van der Waals surface area contributed by atoms with Crippen LogP contribution in [0.1, 0.15) is 0 Å². The van der Waals surface area contributed by atoms with Gasteiger partial charge in [0.1, 0.15) is 5.75 Å². The number of halogens is 1. The van der Waals surface area contributed by atoms with Gasteiger partial charge in [-0.25, -0.2) is 8.42 Å². The minimum atomic E-state index is -3.82. The average Bonchev–Trinajstić information content (AvgIpc) is 2.74. The fraction of sp³-hybridized carbons (Fsp3) is 0. The Morgan fingerprint density at radius 2 is 1.57 bits per heavy atom. The zero-order valence-electron chi connectivity index (χ0n) is 15.5. The number of rotatable bonds is 5. The monoisotopic (exact) mass is 517 g/mol. The van der Waals surface area contributed by atoms with Crippen molar-refractivity contribution in [3.8, 4) is 5.75 Å². The van der Waals surface area contributed by atoms with E-state index >= 15 is 0 Å². The standard InChI is InChI=1S/C22H17BrNO3PS2/c23-18-11-10-15(12-20(18)28)30(26,27)24-19-13-21(29-14-6-2-1-3-7-14)22(25)17-9-5-4-8-16(17)19/h1-13,24-25H,28H2. The predicted octanol–water partition coefficient (Wildman–Crippen LogP) is 5.76. The van der Waals surface area contributed by atoms with Crippen molar-refractivity contribution in [3.63, 3.8) is 0 Å². The van der Waals surface area contributed by atoms with Gasteiger partial charge < -0.3 is 5.11 Å². The van der Waals surface area contributed by atoms with Gasteiger partial charge >= 0.3 is 0 Å². The lowest BCUT2D eigenvalue weighted by Crippen LogP contribution is -2.14. The van der Waals surface area contributed by atoms with E-state index in [0.717, 1.165) is 14.7 Å². The van der Waals surface area contributed by atoms with Crippen LogP contribution in [0.4, 0.5) is 5.69 Å². The van der Waals surface area contributed by atoms with Crippen LogP contribution in [-0.4, -0.2) is 13.5 Å². The summed E-state index contributed by atoms with van der Waals surface area (Å²) in [5, 5.41) is 12.8. The van der Waals surface area contributed by atoms with Gasteiger partial charge in [0.05, 0.1) is 15.5 Å². The molecule has 1 atom stereocenters. The average molecular weight is 518 g/mol. The van der Waals surface area contributed by atoms with Gasteiger partial charge in [-0.3, -0.25) is 4.72 Å². The van der Waals surface area contributed by atoms with Crippen LogP contribution in [0.2, 0.25) is 0 Å². The van der Waals surface area contributed by atoms with E-state index in [1.807, 2.05) is 42.5 Å². The second-order valence-electron chi connectivity index (χ2n) is 6.52. The van der Waals surface area contributed by atoms with Crippen LogP contribution in [0.3, 0.4) is 0 Å². The number of nitrogens with one attached hydrogen (secondary N) is 1. The molecule has 1 unspecified atom stereocenters. The van der Waals surface area contributed by atoms with Gasteiger partial charge in [0.2, 0.25) is 0 Å². The number of benzene rings is 4. The lowest BCUT2D eigenvalue weighted by Gasteiger charge is -2.15. The van der Waals surface area contributed by atoms with Gasteiger partial charge in [0, 0.05) is 20.1 Å². The number of phenolic OH excluding ortho intramolecular Hbond substituents is 1. The maximum atomic E-state index is 13.1. The molecule has 0 heterocycles. The molecule has 4 aromatic rings. The van der Waals surface area contributed by atoms with E-state index in [0.29, 0.717) is 21.4 Å². The Morgan fingerprint density at radius 1 is 0.900 bits per heavy atom. The first-order valence-corrected chi connectivity index (χ1v) is 12.6. The summed E-state index contributed by atoms with van der Waals surface area (Å²) in [5.74, 6) is 0.123. The van der Waals surface area contributed by atoms with Crippen molar-refractivity contribution in [1.29, 1.82) is 0 Å². The summed E-state index contributed by atoms with van der Waals surface area (Å²) in [4.78, 5) is 1.67. The van der Waals surface area contributed by atoms with Gasteiger partial charge in [0.15, 0.2) is 0 Å². The molecule has 0 saturated carbocycles. The van der Waals surface area contributed by atoms with Crippen LogP contribution in [0.15, 0.2) is 98.0 Å². The molecule has 2 N–H and O–H groups in total. The van der Waals surface area contributed by atoms with Gasteiger partial charge in [-0.05, 0) is 41.7 Å². The SMILES string of the molecule is O=S(=O)(Nc1cc(Sc2ccccc2)c(O)c2ccccc12)c1ccc(Br)c(P)c1. The smallest absolute Gasteiger partial charge is 0.261 e. The Hall–Kier alpha value is -2.05. The van der Waals surface area contributed by atoms with E-state index in [9.17, 15) is 13.5 Å². The third-order valence-corrected chi connectivity index (χ3v) is 8.50. The van der Waals surface area contributed by atoms with E-state index in [1.165, 1.54) is 11.8 Å². The summed E-state index contributed by atoms with van der Waals surface area (Å²) < 4.78 is 29.6. The molecule has 0 bridgehead atoms. The molecule has 4 nitrogen and oxygen atoms in total. The highest BCUT2D eigenvalue weighted by atomic mass is 79.9. The maximum absolute atomic E-state index is 13.1. The second-order valence-corrected chi connectivity index (χ2v) is 10.8. The van der Waals surface area contributed by atoms with Gasteiger partial charge in [0.25, 0.3) is 10.0 Å². The molecule has 152 valence electrons. The summed E-state index contributed by atoms with van der Waals surface area (Å²) in [6, 6.07) is 23.3. The Morgan fingerprint density at radius 3 is 2.27 bits per heavy atom. The van der Waals surface area contributed by atoms with Crippen LogP contribution in [0.5, 0.6) is 5.75 Å². The summed E-state index contributed by atoms with van der Waals surface area (Å²) in [6.07, 6.45) is 0. The van der Waals surface area contributed by atoms with Crippen molar-refractivity contribution >= 4 is 68.7 Å². The Bertz CT molecular complexity index is 1350. The quantitative estimate of drug-likeness (QED) is 0.261. The van der Waals surface area contributed by atoms with E-state index in [2.05, 4.69) is 29.9 Å². The predicted molar refractivity (Wildman–Crippen MR) is 130 cm³/mol. The fourth-order valence-corrected chi connectivity index (χ4v) is 5.68. The third kappa shape index (κ3) is 4.35. The zero-order valence-corrected chi connectivity index (χ0v) is 19.9. The number of hydrogen-bond acceptors (Lipinski definition) is 4. The number of fused-ring (bicyclic) bond motifs is 1. The number of sulfonamides is 1. The lowest BCUT2D eigenvalue weighted by atomic mass is 10.1. The fourth-order valence-electron chi connectivity index (χ4n) is 3.00. The first kappa shape index (κ1) is 21.2. The van der Waals surface area contributed by atoms with E-state index < -0.39 is 10.0 Å². The molecule has 0 fully saturated rings. The van der Waals surface area contributed by atoms with Crippen molar-refractivity contribution in [2.24, 2.45) is 0 Å². The normalized spacial score (nSPS) is 11.5. The second kappa shape index (κ2) is 8.60. The van der Waals surface area contributed by atoms with Crippen molar-refractivity contribution in [2.75, 3.05) is 4.72 Å². The molecule has 0 aliphatic rings.